The summed E-state index contributed by atoms with van der Waals surface area (Å²) in [6.45, 7) is 2.66. The van der Waals surface area contributed by atoms with Gasteiger partial charge in [0.25, 0.3) is 0 Å². The van der Waals surface area contributed by atoms with Crippen LogP contribution in [0.2, 0.25) is 0 Å². The second-order valence-corrected chi connectivity index (χ2v) is 5.46. The minimum absolute atomic E-state index is 0.576. The van der Waals surface area contributed by atoms with Crippen LogP contribution in [0.4, 0.5) is 5.13 Å². The number of benzene rings is 2. The Morgan fingerprint density at radius 1 is 1.21 bits per heavy atom. The fourth-order valence-electron chi connectivity index (χ4n) is 1.95. The van der Waals surface area contributed by atoms with Crippen molar-refractivity contribution in [2.24, 2.45) is 0 Å². The number of thiazole rings is 1. The monoisotopic (exact) mass is 270 g/mol. The quantitative estimate of drug-likeness (QED) is 0.788. The van der Waals surface area contributed by atoms with Crippen molar-refractivity contribution in [1.82, 2.24) is 4.98 Å². The van der Waals surface area contributed by atoms with E-state index in [-0.39, 0.29) is 0 Å². The lowest BCUT2D eigenvalue weighted by Gasteiger charge is -2.08. The lowest BCUT2D eigenvalue weighted by atomic mass is 10.1. The molecule has 0 fully saturated rings. The first-order valence-electron chi connectivity index (χ1n) is 6.06. The van der Waals surface area contributed by atoms with Gasteiger partial charge in [0, 0.05) is 0 Å². The number of nitrogen functional groups attached to an aromatic ring is 1. The van der Waals surface area contributed by atoms with Crippen LogP contribution >= 0.6 is 11.3 Å². The molecule has 0 amide bonds. The summed E-state index contributed by atoms with van der Waals surface area (Å²) in [7, 11) is 0. The standard InChI is InChI=1S/C15H14N2OS/c1-10-4-2-3-5-11(10)9-18-12-6-7-13-14(8-12)19-15(16)17-13/h2-8H,9H2,1H3,(H2,16,17). The summed E-state index contributed by atoms with van der Waals surface area (Å²) in [5.74, 6) is 0.847. The Kier molecular flexibility index (Phi) is 3.09. The largest absolute Gasteiger partial charge is 0.489 e. The number of ether oxygens (including phenoxy) is 1. The van der Waals surface area contributed by atoms with Gasteiger partial charge in [0.15, 0.2) is 5.13 Å². The smallest absolute Gasteiger partial charge is 0.181 e. The van der Waals surface area contributed by atoms with Crippen LogP contribution in [0.25, 0.3) is 10.2 Å². The molecule has 3 aromatic rings. The predicted octanol–water partition coefficient (Wildman–Crippen LogP) is 3.77. The van der Waals surface area contributed by atoms with Gasteiger partial charge in [-0.3, -0.25) is 0 Å². The summed E-state index contributed by atoms with van der Waals surface area (Å²) < 4.78 is 6.88. The predicted molar refractivity (Wildman–Crippen MR) is 79.5 cm³/mol. The first-order chi connectivity index (χ1) is 9.22. The van der Waals surface area contributed by atoms with Gasteiger partial charge >= 0.3 is 0 Å². The summed E-state index contributed by atoms with van der Waals surface area (Å²) in [5, 5.41) is 0.589. The molecule has 96 valence electrons. The maximum Gasteiger partial charge on any atom is 0.181 e. The molecule has 0 saturated carbocycles. The zero-order valence-electron chi connectivity index (χ0n) is 10.6. The molecule has 3 nitrogen and oxygen atoms in total. The molecule has 0 aliphatic heterocycles. The summed E-state index contributed by atoms with van der Waals surface area (Å²) >= 11 is 1.48. The van der Waals surface area contributed by atoms with Crippen LogP contribution in [0.5, 0.6) is 5.75 Å². The molecule has 4 heteroatoms. The number of aromatic nitrogens is 1. The molecular formula is C15H14N2OS. The molecule has 3 rings (SSSR count). The van der Waals surface area contributed by atoms with Crippen LogP contribution in [0.3, 0.4) is 0 Å². The molecule has 0 aliphatic rings. The van der Waals surface area contributed by atoms with Crippen molar-refractivity contribution in [3.05, 3.63) is 53.6 Å². The lowest BCUT2D eigenvalue weighted by Crippen LogP contribution is -1.97. The number of hydrogen-bond donors (Lipinski definition) is 1. The molecule has 0 unspecified atom stereocenters. The van der Waals surface area contributed by atoms with Crippen molar-refractivity contribution < 1.29 is 4.74 Å². The van der Waals surface area contributed by atoms with Crippen LogP contribution in [0.15, 0.2) is 42.5 Å². The molecule has 0 spiro atoms. The fourth-order valence-corrected chi connectivity index (χ4v) is 2.71. The summed E-state index contributed by atoms with van der Waals surface area (Å²) in [6, 6.07) is 14.1. The third-order valence-electron chi connectivity index (χ3n) is 3.03. The molecule has 0 bridgehead atoms. The van der Waals surface area contributed by atoms with Gasteiger partial charge in [-0.2, -0.15) is 0 Å². The maximum absolute atomic E-state index is 5.83. The van der Waals surface area contributed by atoms with Crippen molar-refractivity contribution in [2.45, 2.75) is 13.5 Å². The van der Waals surface area contributed by atoms with Crippen LogP contribution < -0.4 is 10.5 Å². The number of hydrogen-bond acceptors (Lipinski definition) is 4. The number of nitrogens with zero attached hydrogens (tertiary/aromatic N) is 1. The van der Waals surface area contributed by atoms with Crippen molar-refractivity contribution in [2.75, 3.05) is 5.73 Å². The normalized spacial score (nSPS) is 10.8. The molecule has 19 heavy (non-hydrogen) atoms. The molecule has 1 heterocycles. The highest BCUT2D eigenvalue weighted by Gasteiger charge is 2.04. The summed E-state index contributed by atoms with van der Waals surface area (Å²) in [5.41, 5.74) is 9.06. The average molecular weight is 270 g/mol. The Bertz CT molecular complexity index is 721. The van der Waals surface area contributed by atoms with Gasteiger partial charge in [0.1, 0.15) is 12.4 Å². The van der Waals surface area contributed by atoms with E-state index in [1.165, 1.54) is 22.5 Å². The van der Waals surface area contributed by atoms with E-state index in [4.69, 9.17) is 10.5 Å². The molecule has 0 atom stereocenters. The first-order valence-corrected chi connectivity index (χ1v) is 6.87. The van der Waals surface area contributed by atoms with E-state index in [0.29, 0.717) is 11.7 Å². The van der Waals surface area contributed by atoms with E-state index in [1.807, 2.05) is 30.3 Å². The van der Waals surface area contributed by atoms with E-state index in [1.54, 1.807) is 0 Å². The van der Waals surface area contributed by atoms with Gasteiger partial charge in [-0.1, -0.05) is 35.6 Å². The molecule has 0 radical (unpaired) electrons. The molecule has 2 N–H and O–H groups in total. The van der Waals surface area contributed by atoms with Crippen molar-refractivity contribution in [3.8, 4) is 5.75 Å². The summed E-state index contributed by atoms with van der Waals surface area (Å²) in [4.78, 5) is 4.23. The van der Waals surface area contributed by atoms with E-state index in [2.05, 4.69) is 24.0 Å². The first kappa shape index (κ1) is 12.0. The Morgan fingerprint density at radius 3 is 2.89 bits per heavy atom. The second-order valence-electron chi connectivity index (χ2n) is 4.40. The van der Waals surface area contributed by atoms with E-state index >= 15 is 0 Å². The van der Waals surface area contributed by atoms with Gasteiger partial charge < -0.3 is 10.5 Å². The van der Waals surface area contributed by atoms with Crippen molar-refractivity contribution >= 4 is 26.7 Å². The highest BCUT2D eigenvalue weighted by Crippen LogP contribution is 2.27. The zero-order chi connectivity index (χ0) is 13.2. The van der Waals surface area contributed by atoms with E-state index in [0.717, 1.165) is 16.0 Å². The Morgan fingerprint density at radius 2 is 2.05 bits per heavy atom. The van der Waals surface area contributed by atoms with Gasteiger partial charge in [0.05, 0.1) is 10.2 Å². The molecular weight excluding hydrogens is 256 g/mol. The summed E-state index contributed by atoms with van der Waals surface area (Å²) in [6.07, 6.45) is 0. The third-order valence-corrected chi connectivity index (χ3v) is 3.88. The second kappa shape index (κ2) is 4.90. The number of fused-ring (bicyclic) bond motifs is 1. The third kappa shape index (κ3) is 2.53. The average Bonchev–Trinajstić information content (AvgIpc) is 2.77. The minimum Gasteiger partial charge on any atom is -0.489 e. The van der Waals surface area contributed by atoms with Crippen LogP contribution in [0, 0.1) is 6.92 Å². The molecule has 2 aromatic carbocycles. The number of anilines is 1. The number of rotatable bonds is 3. The number of aryl methyl sites for hydroxylation is 1. The topological polar surface area (TPSA) is 48.1 Å². The lowest BCUT2D eigenvalue weighted by molar-refractivity contribution is 0.306. The van der Waals surface area contributed by atoms with Crippen LogP contribution in [-0.4, -0.2) is 4.98 Å². The SMILES string of the molecule is Cc1ccccc1COc1ccc2nc(N)sc2c1. The minimum atomic E-state index is 0.576. The Hall–Kier alpha value is -2.07. The van der Waals surface area contributed by atoms with E-state index < -0.39 is 0 Å². The van der Waals surface area contributed by atoms with Crippen LogP contribution in [0.1, 0.15) is 11.1 Å². The maximum atomic E-state index is 5.83. The van der Waals surface area contributed by atoms with Gasteiger partial charge in [0.2, 0.25) is 0 Å². The Labute approximate surface area is 115 Å². The van der Waals surface area contributed by atoms with Crippen molar-refractivity contribution in [1.29, 1.82) is 0 Å². The molecule has 1 aromatic heterocycles. The van der Waals surface area contributed by atoms with E-state index in [9.17, 15) is 0 Å². The highest BCUT2D eigenvalue weighted by molar-refractivity contribution is 7.22. The van der Waals surface area contributed by atoms with Gasteiger partial charge in [-0.25, -0.2) is 4.98 Å². The number of nitrogens with two attached hydrogens (primary N) is 1. The molecule has 0 saturated heterocycles. The highest BCUT2D eigenvalue weighted by atomic mass is 32.1. The van der Waals surface area contributed by atoms with Gasteiger partial charge in [-0.05, 0) is 36.2 Å². The molecule has 0 aliphatic carbocycles. The van der Waals surface area contributed by atoms with Crippen LogP contribution in [-0.2, 0) is 6.61 Å². The van der Waals surface area contributed by atoms with Gasteiger partial charge in [-0.15, -0.1) is 0 Å². The Balaban J connectivity index is 1.80. The fraction of sp³-hybridized carbons (Fsp3) is 0.133. The zero-order valence-corrected chi connectivity index (χ0v) is 11.4. The van der Waals surface area contributed by atoms with Crippen molar-refractivity contribution in [3.63, 3.8) is 0 Å².